The molecule has 0 spiro atoms. The fraction of sp³-hybridized carbons (Fsp3) is 0.417. The van der Waals surface area contributed by atoms with Gasteiger partial charge in [0.2, 0.25) is 5.91 Å². The zero-order valence-electron chi connectivity index (χ0n) is 11.3. The van der Waals surface area contributed by atoms with Crippen LogP contribution in [0.5, 0.6) is 0 Å². The quantitative estimate of drug-likeness (QED) is 0.515. The van der Waals surface area contributed by atoms with Crippen molar-refractivity contribution in [3.8, 4) is 0 Å². The molecule has 0 saturated heterocycles. The van der Waals surface area contributed by atoms with E-state index in [9.17, 15) is 9.59 Å². The molecule has 0 aromatic carbocycles. The number of pyridine rings is 1. The number of nitrogens with zero attached hydrogens (tertiary/aromatic N) is 1. The van der Waals surface area contributed by atoms with E-state index in [-0.39, 0.29) is 23.0 Å². The molecule has 1 atom stereocenters. The van der Waals surface area contributed by atoms with E-state index < -0.39 is 12.0 Å². The molecule has 0 saturated carbocycles. The van der Waals surface area contributed by atoms with Gasteiger partial charge in [-0.3, -0.25) is 4.79 Å². The van der Waals surface area contributed by atoms with Crippen molar-refractivity contribution in [3.05, 3.63) is 17.8 Å². The Hall–Kier alpha value is -2.35. The summed E-state index contributed by atoms with van der Waals surface area (Å²) in [5.41, 5.74) is 5.63. The van der Waals surface area contributed by atoms with Gasteiger partial charge >= 0.3 is 5.97 Å². The number of hydrogen-bond acceptors (Lipinski definition) is 6. The number of carbonyl (C=O) groups excluding carboxylic acids is 1. The normalized spacial score (nSPS) is 11.7. The first-order valence-electron chi connectivity index (χ1n) is 5.98. The first kappa shape index (κ1) is 15.7. The average molecular weight is 282 g/mol. The van der Waals surface area contributed by atoms with E-state index in [2.05, 4.69) is 15.6 Å². The van der Waals surface area contributed by atoms with Crippen molar-refractivity contribution in [1.82, 2.24) is 10.3 Å². The summed E-state index contributed by atoms with van der Waals surface area (Å²) in [4.78, 5) is 26.6. The predicted molar refractivity (Wildman–Crippen MR) is 73.6 cm³/mol. The van der Waals surface area contributed by atoms with Gasteiger partial charge in [-0.2, -0.15) is 0 Å². The topological polar surface area (TPSA) is 127 Å². The van der Waals surface area contributed by atoms with E-state index in [4.69, 9.17) is 15.6 Å². The van der Waals surface area contributed by atoms with E-state index in [1.165, 1.54) is 19.4 Å². The van der Waals surface area contributed by atoms with E-state index in [0.717, 1.165) is 0 Å². The Labute approximate surface area is 116 Å². The van der Waals surface area contributed by atoms with Gasteiger partial charge in [-0.25, -0.2) is 9.78 Å². The monoisotopic (exact) mass is 282 g/mol. The first-order valence-corrected chi connectivity index (χ1v) is 5.98. The van der Waals surface area contributed by atoms with Gasteiger partial charge in [0.1, 0.15) is 6.04 Å². The lowest BCUT2D eigenvalue weighted by atomic mass is 10.2. The molecule has 1 heterocycles. The van der Waals surface area contributed by atoms with Crippen molar-refractivity contribution in [3.63, 3.8) is 0 Å². The van der Waals surface area contributed by atoms with E-state index in [0.29, 0.717) is 13.2 Å². The summed E-state index contributed by atoms with van der Waals surface area (Å²) in [5.74, 6) is -1.24. The second-order valence-electron chi connectivity index (χ2n) is 4.08. The molecule has 0 fully saturated rings. The number of aromatic carboxylic acids is 1. The summed E-state index contributed by atoms with van der Waals surface area (Å²) >= 11 is 0. The van der Waals surface area contributed by atoms with E-state index in [1.807, 2.05) is 0 Å². The molecule has 0 radical (unpaired) electrons. The Balaban J connectivity index is 2.71. The van der Waals surface area contributed by atoms with Crippen LogP contribution in [0.15, 0.2) is 12.3 Å². The third-order valence-electron chi connectivity index (χ3n) is 2.57. The van der Waals surface area contributed by atoms with Crippen LogP contribution in [0.25, 0.3) is 0 Å². The largest absolute Gasteiger partial charge is 0.478 e. The second kappa shape index (κ2) is 7.29. The Bertz CT molecular complexity index is 492. The molecule has 1 unspecified atom stereocenters. The molecule has 1 rings (SSSR count). The summed E-state index contributed by atoms with van der Waals surface area (Å²) < 4.78 is 4.82. The molecular formula is C12H18N4O4. The van der Waals surface area contributed by atoms with Gasteiger partial charge in [0.15, 0.2) is 5.82 Å². The van der Waals surface area contributed by atoms with Crippen LogP contribution < -0.4 is 16.4 Å². The Morgan fingerprint density at radius 2 is 2.25 bits per heavy atom. The highest BCUT2D eigenvalue weighted by atomic mass is 16.5. The third-order valence-corrected chi connectivity index (χ3v) is 2.57. The zero-order chi connectivity index (χ0) is 15.1. The lowest BCUT2D eigenvalue weighted by molar-refractivity contribution is -0.121. The second-order valence-corrected chi connectivity index (χ2v) is 4.08. The molecule has 0 aliphatic carbocycles. The molecular weight excluding hydrogens is 264 g/mol. The number of methoxy groups -OCH3 is 1. The maximum Gasteiger partial charge on any atom is 0.337 e. The minimum Gasteiger partial charge on any atom is -0.478 e. The number of carbonyl (C=O) groups is 2. The van der Waals surface area contributed by atoms with Crippen LogP contribution in [0.1, 0.15) is 17.3 Å². The highest BCUT2D eigenvalue weighted by Crippen LogP contribution is 2.20. The average Bonchev–Trinajstić information content (AvgIpc) is 2.40. The molecule has 8 heteroatoms. The van der Waals surface area contributed by atoms with Gasteiger partial charge in [-0.1, -0.05) is 0 Å². The molecule has 8 nitrogen and oxygen atoms in total. The van der Waals surface area contributed by atoms with Crippen LogP contribution in [0.4, 0.5) is 11.5 Å². The standard InChI is InChI=1S/C12H18N4O4/c1-7(11(17)15-5-6-20-2)16-10-9(13)8(12(18)19)3-4-14-10/h3-4,7H,5-6,13H2,1-2H3,(H,14,16)(H,15,17)(H,18,19). The summed E-state index contributed by atoms with van der Waals surface area (Å²) in [6, 6.07) is 0.692. The maximum absolute atomic E-state index is 11.7. The SMILES string of the molecule is COCCNC(=O)C(C)Nc1nccc(C(=O)O)c1N. The number of hydrogen-bond donors (Lipinski definition) is 4. The number of nitrogen functional groups attached to an aromatic ring is 1. The number of nitrogens with two attached hydrogens (primary N) is 1. The number of aromatic nitrogens is 1. The molecule has 20 heavy (non-hydrogen) atoms. The van der Waals surface area contributed by atoms with Crippen molar-refractivity contribution in [1.29, 1.82) is 0 Å². The highest BCUT2D eigenvalue weighted by molar-refractivity contribution is 5.96. The van der Waals surface area contributed by atoms with Crippen LogP contribution in [-0.2, 0) is 9.53 Å². The smallest absolute Gasteiger partial charge is 0.337 e. The first-order chi connectivity index (χ1) is 9.47. The number of amides is 1. The fourth-order valence-corrected chi connectivity index (χ4v) is 1.47. The van der Waals surface area contributed by atoms with Gasteiger partial charge in [0, 0.05) is 19.9 Å². The van der Waals surface area contributed by atoms with Crippen LogP contribution >= 0.6 is 0 Å². The van der Waals surface area contributed by atoms with Crippen molar-refractivity contribution < 1.29 is 19.4 Å². The van der Waals surface area contributed by atoms with Crippen molar-refractivity contribution in [2.75, 3.05) is 31.3 Å². The Morgan fingerprint density at radius 3 is 2.85 bits per heavy atom. The number of carboxylic acid groups (broad SMARTS) is 1. The lowest BCUT2D eigenvalue weighted by Crippen LogP contribution is -2.39. The summed E-state index contributed by atoms with van der Waals surface area (Å²) in [5, 5.41) is 14.4. The number of ether oxygens (including phenoxy) is 1. The summed E-state index contributed by atoms with van der Waals surface area (Å²) in [6.45, 7) is 2.42. The maximum atomic E-state index is 11.7. The lowest BCUT2D eigenvalue weighted by Gasteiger charge is -2.16. The molecule has 110 valence electrons. The number of rotatable bonds is 7. The van der Waals surface area contributed by atoms with Crippen LogP contribution in [-0.4, -0.2) is 48.3 Å². The number of nitrogens with one attached hydrogen (secondary N) is 2. The third kappa shape index (κ3) is 4.09. The minimum atomic E-state index is -1.15. The Kier molecular flexibility index (Phi) is 5.73. The van der Waals surface area contributed by atoms with Crippen molar-refractivity contribution >= 4 is 23.4 Å². The summed E-state index contributed by atoms with van der Waals surface area (Å²) in [7, 11) is 1.54. The van der Waals surface area contributed by atoms with Gasteiger partial charge in [0.05, 0.1) is 17.9 Å². The zero-order valence-corrected chi connectivity index (χ0v) is 11.3. The Morgan fingerprint density at radius 1 is 1.55 bits per heavy atom. The molecule has 1 aromatic rings. The number of carboxylic acids is 1. The molecule has 5 N–H and O–H groups in total. The number of anilines is 2. The molecule has 1 aromatic heterocycles. The van der Waals surface area contributed by atoms with E-state index >= 15 is 0 Å². The van der Waals surface area contributed by atoms with Crippen LogP contribution in [0.3, 0.4) is 0 Å². The van der Waals surface area contributed by atoms with Crippen molar-refractivity contribution in [2.24, 2.45) is 0 Å². The van der Waals surface area contributed by atoms with Gasteiger partial charge in [0.25, 0.3) is 0 Å². The molecule has 0 aliphatic heterocycles. The predicted octanol–water partition coefficient (Wildman–Crippen LogP) is -0.0750. The van der Waals surface area contributed by atoms with Gasteiger partial charge < -0.3 is 26.2 Å². The molecule has 0 aliphatic rings. The highest BCUT2D eigenvalue weighted by Gasteiger charge is 2.17. The molecule has 1 amide bonds. The minimum absolute atomic E-state index is 0.00320. The van der Waals surface area contributed by atoms with E-state index in [1.54, 1.807) is 6.92 Å². The van der Waals surface area contributed by atoms with Gasteiger partial charge in [-0.05, 0) is 13.0 Å². The van der Waals surface area contributed by atoms with Crippen LogP contribution in [0, 0.1) is 0 Å². The summed E-state index contributed by atoms with van der Waals surface area (Å²) in [6.07, 6.45) is 1.32. The van der Waals surface area contributed by atoms with Gasteiger partial charge in [-0.15, -0.1) is 0 Å². The van der Waals surface area contributed by atoms with Crippen LogP contribution in [0.2, 0.25) is 0 Å². The molecule has 0 bridgehead atoms. The fourth-order valence-electron chi connectivity index (χ4n) is 1.47. The van der Waals surface area contributed by atoms with Crippen molar-refractivity contribution in [2.45, 2.75) is 13.0 Å².